The molecule has 1 aliphatic heterocycles. The molecule has 0 N–H and O–H groups in total. The van der Waals surface area contributed by atoms with Gasteiger partial charge >= 0.3 is 5.63 Å². The van der Waals surface area contributed by atoms with E-state index in [4.69, 9.17) is 9.15 Å². The molecule has 1 amide bonds. The van der Waals surface area contributed by atoms with Crippen LogP contribution >= 0.6 is 0 Å². The van der Waals surface area contributed by atoms with Crippen molar-refractivity contribution in [3.05, 3.63) is 63.2 Å². The number of ether oxygens (including phenoxy) is 1. The number of amides is 1. The molecule has 0 saturated carbocycles. The maximum absolute atomic E-state index is 12.4. The predicted molar refractivity (Wildman–Crippen MR) is 86.0 cm³/mol. The molecule has 0 atom stereocenters. The number of hydrogen-bond donors (Lipinski definition) is 0. The Morgan fingerprint density at radius 1 is 1.13 bits per heavy atom. The van der Waals surface area contributed by atoms with Crippen LogP contribution < -0.4 is 10.4 Å². The Hall–Kier alpha value is -2.56. The van der Waals surface area contributed by atoms with Gasteiger partial charge in [0.1, 0.15) is 17.6 Å². The highest BCUT2D eigenvalue weighted by Gasteiger charge is 2.33. The van der Waals surface area contributed by atoms with E-state index in [1.807, 2.05) is 32.0 Å². The summed E-state index contributed by atoms with van der Waals surface area (Å²) in [6.07, 6.45) is -0.0910. The first-order valence-corrected chi connectivity index (χ1v) is 7.57. The van der Waals surface area contributed by atoms with E-state index >= 15 is 0 Å². The van der Waals surface area contributed by atoms with Gasteiger partial charge in [0.05, 0.1) is 19.2 Å². The molecule has 1 fully saturated rings. The third-order valence-corrected chi connectivity index (χ3v) is 4.06. The fourth-order valence-electron chi connectivity index (χ4n) is 2.57. The van der Waals surface area contributed by atoms with Crippen LogP contribution in [0, 0.1) is 20.8 Å². The molecular formula is C18H19NO4. The van der Waals surface area contributed by atoms with Crippen molar-refractivity contribution >= 4 is 5.91 Å². The summed E-state index contributed by atoms with van der Waals surface area (Å²) in [5.74, 6) is 1.01. The fourth-order valence-corrected chi connectivity index (χ4v) is 2.57. The second kappa shape index (κ2) is 5.91. The first kappa shape index (κ1) is 15.3. The Labute approximate surface area is 134 Å². The minimum Gasteiger partial charge on any atom is -0.486 e. The Kier molecular flexibility index (Phi) is 3.94. The first-order chi connectivity index (χ1) is 10.9. The molecule has 3 rings (SSSR count). The highest BCUT2D eigenvalue weighted by molar-refractivity contribution is 5.95. The molecule has 1 aromatic heterocycles. The number of carbonyl (C=O) groups is 1. The van der Waals surface area contributed by atoms with E-state index in [1.54, 1.807) is 17.9 Å². The largest absolute Gasteiger partial charge is 0.486 e. The predicted octanol–water partition coefficient (Wildman–Crippen LogP) is 2.47. The van der Waals surface area contributed by atoms with Gasteiger partial charge in [-0.2, -0.15) is 0 Å². The molecule has 1 aliphatic rings. The molecule has 23 heavy (non-hydrogen) atoms. The van der Waals surface area contributed by atoms with Gasteiger partial charge in [-0.15, -0.1) is 0 Å². The molecule has 0 spiro atoms. The molecule has 0 unspecified atom stereocenters. The van der Waals surface area contributed by atoms with Crippen molar-refractivity contribution in [1.82, 2.24) is 4.90 Å². The van der Waals surface area contributed by atoms with Crippen LogP contribution in [0.4, 0.5) is 0 Å². The summed E-state index contributed by atoms with van der Waals surface area (Å²) in [5, 5.41) is 0. The summed E-state index contributed by atoms with van der Waals surface area (Å²) in [6.45, 7) is 6.76. The average molecular weight is 313 g/mol. The summed E-state index contributed by atoms with van der Waals surface area (Å²) in [5.41, 5.74) is 2.55. The van der Waals surface area contributed by atoms with Gasteiger partial charge in [0.2, 0.25) is 0 Å². The zero-order valence-corrected chi connectivity index (χ0v) is 13.5. The number of rotatable bonds is 3. The van der Waals surface area contributed by atoms with Gasteiger partial charge in [-0.3, -0.25) is 4.79 Å². The summed E-state index contributed by atoms with van der Waals surface area (Å²) < 4.78 is 10.6. The van der Waals surface area contributed by atoms with E-state index in [2.05, 4.69) is 0 Å². The fraction of sp³-hybridized carbons (Fsp3) is 0.333. The lowest BCUT2D eigenvalue weighted by Crippen LogP contribution is -2.56. The van der Waals surface area contributed by atoms with E-state index in [1.165, 1.54) is 11.6 Å². The monoisotopic (exact) mass is 313 g/mol. The van der Waals surface area contributed by atoms with Crippen LogP contribution in [0.25, 0.3) is 0 Å². The van der Waals surface area contributed by atoms with Crippen LogP contribution in [-0.2, 0) is 0 Å². The number of carbonyl (C=O) groups excluding carboxylic acids is 1. The van der Waals surface area contributed by atoms with Gasteiger partial charge in [-0.25, -0.2) is 4.79 Å². The van der Waals surface area contributed by atoms with Crippen molar-refractivity contribution in [2.45, 2.75) is 26.9 Å². The lowest BCUT2D eigenvalue weighted by molar-refractivity contribution is 0.0175. The number of nitrogens with zero attached hydrogens (tertiary/aromatic N) is 1. The van der Waals surface area contributed by atoms with Crippen molar-refractivity contribution in [3.8, 4) is 5.75 Å². The lowest BCUT2D eigenvalue weighted by atomic mass is 10.0. The van der Waals surface area contributed by atoms with Crippen LogP contribution in [0.2, 0.25) is 0 Å². The van der Waals surface area contributed by atoms with Crippen LogP contribution in [-0.4, -0.2) is 30.0 Å². The topological polar surface area (TPSA) is 59.8 Å². The third-order valence-electron chi connectivity index (χ3n) is 4.06. The highest BCUT2D eigenvalue weighted by atomic mass is 16.5. The molecule has 5 nitrogen and oxygen atoms in total. The van der Waals surface area contributed by atoms with E-state index < -0.39 is 5.63 Å². The molecule has 2 aromatic rings. The molecule has 0 radical (unpaired) electrons. The molecule has 1 saturated heterocycles. The van der Waals surface area contributed by atoms with Gasteiger partial charge < -0.3 is 14.1 Å². The maximum atomic E-state index is 12.4. The van der Waals surface area contributed by atoms with Gasteiger partial charge in [-0.1, -0.05) is 6.07 Å². The maximum Gasteiger partial charge on any atom is 0.339 e. The van der Waals surface area contributed by atoms with E-state index in [0.717, 1.165) is 5.56 Å². The standard InChI is InChI=1S/C18H19NO4/c1-11-4-5-14(6-12(11)2)18(21)19-9-16(10-19)23-15-7-13(3)22-17(20)8-15/h4-8,16H,9-10H2,1-3H3. The van der Waals surface area contributed by atoms with Crippen LogP contribution in [0.5, 0.6) is 5.75 Å². The van der Waals surface area contributed by atoms with Crippen LogP contribution in [0.15, 0.2) is 39.5 Å². The quantitative estimate of drug-likeness (QED) is 0.873. The molecular weight excluding hydrogens is 294 g/mol. The van der Waals surface area contributed by atoms with Crippen molar-refractivity contribution in [2.75, 3.05) is 13.1 Å². The number of likely N-dealkylation sites (tertiary alicyclic amines) is 1. The number of benzene rings is 1. The number of aryl methyl sites for hydroxylation is 3. The summed E-state index contributed by atoms with van der Waals surface area (Å²) in [7, 11) is 0. The second-order valence-corrected chi connectivity index (χ2v) is 5.97. The van der Waals surface area contributed by atoms with E-state index in [-0.39, 0.29) is 12.0 Å². The SMILES string of the molecule is Cc1cc(OC2CN(C(=O)c3ccc(C)c(C)c3)C2)cc(=O)o1. The molecule has 0 aliphatic carbocycles. The van der Waals surface area contributed by atoms with Crippen molar-refractivity contribution in [1.29, 1.82) is 0 Å². The normalized spacial score (nSPS) is 14.5. The van der Waals surface area contributed by atoms with Gasteiger partial charge in [0, 0.05) is 11.6 Å². The third kappa shape index (κ3) is 3.28. The zero-order valence-electron chi connectivity index (χ0n) is 13.5. The first-order valence-electron chi connectivity index (χ1n) is 7.57. The molecule has 5 heteroatoms. The van der Waals surface area contributed by atoms with Gasteiger partial charge in [-0.05, 0) is 44.0 Å². The lowest BCUT2D eigenvalue weighted by Gasteiger charge is -2.39. The summed E-state index contributed by atoms with van der Waals surface area (Å²) in [6, 6.07) is 8.72. The molecule has 120 valence electrons. The van der Waals surface area contributed by atoms with Crippen molar-refractivity contribution in [3.63, 3.8) is 0 Å². The van der Waals surface area contributed by atoms with Crippen LogP contribution in [0.3, 0.4) is 0 Å². The Balaban J connectivity index is 1.61. The molecule has 0 bridgehead atoms. The Bertz CT molecular complexity index is 803. The van der Waals surface area contributed by atoms with E-state index in [0.29, 0.717) is 30.2 Å². The smallest absolute Gasteiger partial charge is 0.339 e. The minimum absolute atomic E-state index is 0.0108. The minimum atomic E-state index is -0.428. The summed E-state index contributed by atoms with van der Waals surface area (Å²) >= 11 is 0. The molecule has 2 heterocycles. The molecule has 1 aromatic carbocycles. The highest BCUT2D eigenvalue weighted by Crippen LogP contribution is 2.20. The number of hydrogen-bond acceptors (Lipinski definition) is 4. The summed E-state index contributed by atoms with van der Waals surface area (Å²) in [4.78, 5) is 25.4. The van der Waals surface area contributed by atoms with Crippen LogP contribution in [0.1, 0.15) is 27.2 Å². The Morgan fingerprint density at radius 2 is 1.87 bits per heavy atom. The Morgan fingerprint density at radius 3 is 2.52 bits per heavy atom. The average Bonchev–Trinajstić information content (AvgIpc) is 2.43. The van der Waals surface area contributed by atoms with Gasteiger partial charge in [0.25, 0.3) is 5.91 Å². The van der Waals surface area contributed by atoms with Crippen molar-refractivity contribution in [2.24, 2.45) is 0 Å². The zero-order chi connectivity index (χ0) is 16.6. The van der Waals surface area contributed by atoms with Crippen molar-refractivity contribution < 1.29 is 13.9 Å². The van der Waals surface area contributed by atoms with Gasteiger partial charge in [0.15, 0.2) is 0 Å². The second-order valence-electron chi connectivity index (χ2n) is 5.97. The van der Waals surface area contributed by atoms with E-state index in [9.17, 15) is 9.59 Å².